The summed E-state index contributed by atoms with van der Waals surface area (Å²) in [4.78, 5) is 24.2. The molecule has 1 fully saturated rings. The SMILES string of the molecule is Cc1ccc(-c2cc(NC(=O)COC(=O)[C@@H]3C[C@@H]3C)n(-c3ccccc3)n2)cc1. The van der Waals surface area contributed by atoms with Gasteiger partial charge in [0.1, 0.15) is 5.82 Å². The van der Waals surface area contributed by atoms with Crippen LogP contribution in [0.4, 0.5) is 5.82 Å². The van der Waals surface area contributed by atoms with E-state index in [1.165, 1.54) is 0 Å². The van der Waals surface area contributed by atoms with Crippen LogP contribution in [0, 0.1) is 18.8 Å². The number of hydrogen-bond donors (Lipinski definition) is 1. The van der Waals surface area contributed by atoms with Gasteiger partial charge < -0.3 is 10.1 Å². The van der Waals surface area contributed by atoms with E-state index in [9.17, 15) is 9.59 Å². The number of aromatic nitrogens is 2. The van der Waals surface area contributed by atoms with Crippen LogP contribution >= 0.6 is 0 Å². The first-order chi connectivity index (χ1) is 14.0. The maximum atomic E-state index is 12.4. The standard InChI is InChI=1S/C23H23N3O3/c1-15-8-10-17(11-9-15)20-13-21(26(25-20)18-6-4-3-5-7-18)24-22(27)14-29-23(28)19-12-16(19)2/h3-11,13,16,19H,12,14H2,1-2H3,(H,24,27)/t16-,19+/m0/s1. The van der Waals surface area contributed by atoms with Crippen molar-refractivity contribution in [1.29, 1.82) is 0 Å². The minimum atomic E-state index is -0.390. The number of rotatable bonds is 6. The Hall–Kier alpha value is -3.41. The molecule has 0 aliphatic heterocycles. The van der Waals surface area contributed by atoms with E-state index in [4.69, 9.17) is 4.74 Å². The fourth-order valence-electron chi connectivity index (χ4n) is 3.17. The summed E-state index contributed by atoms with van der Waals surface area (Å²) in [6.45, 7) is 3.72. The first-order valence-corrected chi connectivity index (χ1v) is 9.70. The van der Waals surface area contributed by atoms with Crippen molar-refractivity contribution < 1.29 is 14.3 Å². The highest BCUT2D eigenvalue weighted by molar-refractivity contribution is 5.93. The summed E-state index contributed by atoms with van der Waals surface area (Å²) in [5, 5.41) is 7.49. The Kier molecular flexibility index (Phi) is 5.16. The molecule has 0 unspecified atom stereocenters. The van der Waals surface area contributed by atoms with Crippen molar-refractivity contribution in [3.05, 3.63) is 66.2 Å². The van der Waals surface area contributed by atoms with Crippen molar-refractivity contribution >= 4 is 17.7 Å². The van der Waals surface area contributed by atoms with Gasteiger partial charge in [-0.05, 0) is 31.4 Å². The molecule has 0 saturated heterocycles. The highest BCUT2D eigenvalue weighted by Crippen LogP contribution is 2.38. The molecule has 2 atom stereocenters. The summed E-state index contributed by atoms with van der Waals surface area (Å²) in [5.41, 5.74) is 3.68. The van der Waals surface area contributed by atoms with Gasteiger partial charge in [0.05, 0.1) is 17.3 Å². The third-order valence-corrected chi connectivity index (χ3v) is 5.08. The number of aryl methyl sites for hydroxylation is 1. The van der Waals surface area contributed by atoms with Gasteiger partial charge in [0.15, 0.2) is 6.61 Å². The summed E-state index contributed by atoms with van der Waals surface area (Å²) < 4.78 is 6.82. The topological polar surface area (TPSA) is 73.2 Å². The molecule has 0 spiro atoms. The van der Waals surface area contributed by atoms with Crippen LogP contribution in [0.3, 0.4) is 0 Å². The van der Waals surface area contributed by atoms with Crippen LogP contribution in [0.1, 0.15) is 18.9 Å². The maximum Gasteiger partial charge on any atom is 0.309 e. The Morgan fingerprint density at radius 2 is 1.83 bits per heavy atom. The van der Waals surface area contributed by atoms with E-state index in [0.717, 1.165) is 28.9 Å². The number of anilines is 1. The van der Waals surface area contributed by atoms with Crippen LogP contribution < -0.4 is 5.32 Å². The predicted molar refractivity (Wildman–Crippen MR) is 111 cm³/mol. The van der Waals surface area contributed by atoms with Crippen molar-refractivity contribution in [2.24, 2.45) is 11.8 Å². The predicted octanol–water partition coefficient (Wildman–Crippen LogP) is 3.99. The van der Waals surface area contributed by atoms with Crippen molar-refractivity contribution in [1.82, 2.24) is 9.78 Å². The average molecular weight is 389 g/mol. The van der Waals surface area contributed by atoms with Gasteiger partial charge in [-0.1, -0.05) is 55.0 Å². The zero-order valence-electron chi connectivity index (χ0n) is 16.5. The first kappa shape index (κ1) is 18.9. The summed E-state index contributed by atoms with van der Waals surface area (Å²) in [6.07, 6.45) is 0.834. The Balaban J connectivity index is 1.55. The van der Waals surface area contributed by atoms with Crippen LogP contribution in [0.2, 0.25) is 0 Å². The number of nitrogens with zero attached hydrogens (tertiary/aromatic N) is 2. The average Bonchev–Trinajstić information content (AvgIpc) is 3.32. The lowest BCUT2D eigenvalue weighted by molar-refractivity contribution is -0.148. The van der Waals surface area contributed by atoms with Gasteiger partial charge in [0, 0.05) is 11.6 Å². The molecule has 1 aromatic heterocycles. The van der Waals surface area contributed by atoms with E-state index < -0.39 is 0 Å². The van der Waals surface area contributed by atoms with E-state index in [1.54, 1.807) is 4.68 Å². The van der Waals surface area contributed by atoms with Gasteiger partial charge in [0.2, 0.25) is 0 Å². The molecule has 148 valence electrons. The molecule has 1 aliphatic rings. The second kappa shape index (κ2) is 7.91. The van der Waals surface area contributed by atoms with Crippen molar-refractivity contribution in [3.8, 4) is 16.9 Å². The van der Waals surface area contributed by atoms with Gasteiger partial charge in [-0.15, -0.1) is 0 Å². The molecule has 1 saturated carbocycles. The largest absolute Gasteiger partial charge is 0.455 e. The van der Waals surface area contributed by atoms with E-state index in [1.807, 2.05) is 74.5 Å². The molecule has 1 N–H and O–H groups in total. The highest BCUT2D eigenvalue weighted by Gasteiger charge is 2.40. The molecule has 6 heteroatoms. The van der Waals surface area contributed by atoms with Crippen LogP contribution in [0.5, 0.6) is 0 Å². The minimum Gasteiger partial charge on any atom is -0.455 e. The van der Waals surface area contributed by atoms with E-state index in [2.05, 4.69) is 10.4 Å². The lowest BCUT2D eigenvalue weighted by atomic mass is 10.1. The molecule has 3 aromatic rings. The zero-order valence-corrected chi connectivity index (χ0v) is 16.5. The molecular formula is C23H23N3O3. The minimum absolute atomic E-state index is 0.0641. The molecule has 0 bridgehead atoms. The van der Waals surface area contributed by atoms with Crippen molar-refractivity contribution in [2.45, 2.75) is 20.3 Å². The molecule has 4 rings (SSSR count). The summed E-state index contributed by atoms with van der Waals surface area (Å²) >= 11 is 0. The van der Waals surface area contributed by atoms with E-state index in [-0.39, 0.29) is 24.4 Å². The fraction of sp³-hybridized carbons (Fsp3) is 0.261. The number of esters is 1. The lowest BCUT2D eigenvalue weighted by Gasteiger charge is -2.09. The molecule has 0 radical (unpaired) electrons. The van der Waals surface area contributed by atoms with E-state index in [0.29, 0.717) is 11.7 Å². The third kappa shape index (κ3) is 4.37. The molecule has 1 heterocycles. The molecule has 6 nitrogen and oxygen atoms in total. The van der Waals surface area contributed by atoms with Crippen LogP contribution in [0.15, 0.2) is 60.7 Å². The number of benzene rings is 2. The van der Waals surface area contributed by atoms with Crippen LogP contribution in [0.25, 0.3) is 16.9 Å². The number of nitrogens with one attached hydrogen (secondary N) is 1. The van der Waals surface area contributed by atoms with Gasteiger partial charge in [-0.2, -0.15) is 5.10 Å². The number of ether oxygens (including phenoxy) is 1. The summed E-state index contributed by atoms with van der Waals surface area (Å²) in [5.74, 6) is 0.115. The number of amides is 1. The smallest absolute Gasteiger partial charge is 0.309 e. The summed E-state index contributed by atoms with van der Waals surface area (Å²) in [7, 11) is 0. The summed E-state index contributed by atoms with van der Waals surface area (Å²) in [6, 6.07) is 19.4. The number of hydrogen-bond acceptors (Lipinski definition) is 4. The van der Waals surface area contributed by atoms with Gasteiger partial charge in [-0.25, -0.2) is 4.68 Å². The third-order valence-electron chi connectivity index (χ3n) is 5.08. The zero-order chi connectivity index (χ0) is 20.4. The quantitative estimate of drug-likeness (QED) is 0.647. The molecule has 29 heavy (non-hydrogen) atoms. The van der Waals surface area contributed by atoms with Crippen LogP contribution in [-0.4, -0.2) is 28.3 Å². The Bertz CT molecular complexity index is 1030. The molecule has 1 aliphatic carbocycles. The van der Waals surface area contributed by atoms with Gasteiger partial charge >= 0.3 is 5.97 Å². The normalized spacial score (nSPS) is 17.6. The first-order valence-electron chi connectivity index (χ1n) is 9.70. The molecule has 2 aromatic carbocycles. The second-order valence-electron chi connectivity index (χ2n) is 7.50. The Morgan fingerprint density at radius 1 is 1.14 bits per heavy atom. The Morgan fingerprint density at radius 3 is 2.48 bits per heavy atom. The number of carbonyl (C=O) groups excluding carboxylic acids is 2. The molecule has 1 amide bonds. The van der Waals surface area contributed by atoms with Gasteiger partial charge in [-0.3, -0.25) is 9.59 Å². The highest BCUT2D eigenvalue weighted by atomic mass is 16.5. The van der Waals surface area contributed by atoms with Gasteiger partial charge in [0.25, 0.3) is 5.91 Å². The monoisotopic (exact) mass is 389 g/mol. The number of para-hydroxylation sites is 1. The lowest BCUT2D eigenvalue weighted by Crippen LogP contribution is -2.23. The fourth-order valence-corrected chi connectivity index (χ4v) is 3.17. The maximum absolute atomic E-state index is 12.4. The van der Waals surface area contributed by atoms with Crippen LogP contribution in [-0.2, 0) is 14.3 Å². The number of carbonyl (C=O) groups is 2. The van der Waals surface area contributed by atoms with E-state index >= 15 is 0 Å². The van der Waals surface area contributed by atoms with Crippen molar-refractivity contribution in [2.75, 3.05) is 11.9 Å². The van der Waals surface area contributed by atoms with Crippen molar-refractivity contribution in [3.63, 3.8) is 0 Å². The second-order valence-corrected chi connectivity index (χ2v) is 7.50. The molecular weight excluding hydrogens is 366 g/mol. The Labute approximate surface area is 169 Å².